The van der Waals surface area contributed by atoms with E-state index >= 15 is 0 Å². The lowest BCUT2D eigenvalue weighted by Gasteiger charge is -2.41. The lowest BCUT2D eigenvalue weighted by Crippen LogP contribution is -2.61. The minimum atomic E-state index is -1.98. The highest BCUT2D eigenvalue weighted by Gasteiger charge is 2.61. The van der Waals surface area contributed by atoms with Gasteiger partial charge < -0.3 is 19.5 Å². The lowest BCUT2D eigenvalue weighted by atomic mass is 9.86. The van der Waals surface area contributed by atoms with Crippen LogP contribution in [0.25, 0.3) is 0 Å². The second kappa shape index (κ2) is 7.70. The first-order valence-electron chi connectivity index (χ1n) is 8.98. The molecule has 142 valence electrons. The van der Waals surface area contributed by atoms with Gasteiger partial charge in [0, 0.05) is 0 Å². The van der Waals surface area contributed by atoms with Crippen molar-refractivity contribution < 1.29 is 23.8 Å². The molecule has 1 atom stereocenters. The number of rotatable bonds is 5. The van der Waals surface area contributed by atoms with E-state index in [-0.39, 0.29) is 13.2 Å². The molecular weight excluding hydrogens is 346 g/mol. The van der Waals surface area contributed by atoms with Gasteiger partial charge in [0.15, 0.2) is 0 Å². The number of ether oxygens (including phenoxy) is 3. The number of hydrogen-bond acceptors (Lipinski definition) is 6. The van der Waals surface area contributed by atoms with E-state index in [0.717, 1.165) is 5.56 Å². The van der Waals surface area contributed by atoms with Crippen LogP contribution in [0, 0.1) is 6.92 Å². The maximum atomic E-state index is 13.0. The van der Waals surface area contributed by atoms with Gasteiger partial charge in [-0.1, -0.05) is 36.4 Å². The van der Waals surface area contributed by atoms with Gasteiger partial charge in [-0.05, 0) is 44.0 Å². The summed E-state index contributed by atoms with van der Waals surface area (Å²) in [4.78, 5) is 26.1. The van der Waals surface area contributed by atoms with Crippen LogP contribution < -0.4 is 10.1 Å². The zero-order valence-electron chi connectivity index (χ0n) is 15.7. The first-order valence-corrected chi connectivity index (χ1v) is 8.98. The van der Waals surface area contributed by atoms with Crippen molar-refractivity contribution >= 4 is 17.6 Å². The Balaban J connectivity index is 2.20. The van der Waals surface area contributed by atoms with E-state index in [4.69, 9.17) is 14.2 Å². The van der Waals surface area contributed by atoms with E-state index in [1.165, 1.54) is 0 Å². The first kappa shape index (κ1) is 18.8. The normalized spacial score (nSPS) is 17.1. The molecule has 0 fully saturated rings. The number of anilines is 1. The molecule has 2 aromatic rings. The van der Waals surface area contributed by atoms with Gasteiger partial charge in [-0.25, -0.2) is 9.59 Å². The largest absolute Gasteiger partial charge is 0.462 e. The molecule has 3 rings (SSSR count). The molecule has 6 nitrogen and oxygen atoms in total. The number of esters is 2. The van der Waals surface area contributed by atoms with Gasteiger partial charge >= 0.3 is 17.5 Å². The molecule has 0 aromatic heterocycles. The molecular formula is C21H23NO5. The number of nitrogens with one attached hydrogen (secondary N) is 1. The summed E-state index contributed by atoms with van der Waals surface area (Å²) in [5.41, 5.74) is 0.368. The summed E-state index contributed by atoms with van der Waals surface area (Å²) in [5, 5.41) is 3.28. The van der Waals surface area contributed by atoms with E-state index in [1.807, 2.05) is 49.4 Å². The summed E-state index contributed by atoms with van der Waals surface area (Å²) in [7, 11) is 0. The van der Waals surface area contributed by atoms with Crippen LogP contribution in [0.5, 0.6) is 5.75 Å². The summed E-state index contributed by atoms with van der Waals surface area (Å²) in [6.07, 6.45) is 0. The minimum Gasteiger partial charge on any atom is -0.462 e. The molecule has 1 heterocycles. The van der Waals surface area contributed by atoms with E-state index in [1.54, 1.807) is 19.9 Å². The van der Waals surface area contributed by atoms with E-state index in [9.17, 15) is 9.59 Å². The third kappa shape index (κ3) is 3.35. The zero-order valence-corrected chi connectivity index (χ0v) is 15.7. The molecule has 0 aliphatic carbocycles. The number of carbonyl (C=O) groups is 2. The van der Waals surface area contributed by atoms with Gasteiger partial charge in [-0.2, -0.15) is 0 Å². The van der Waals surface area contributed by atoms with Crippen molar-refractivity contribution in [3.63, 3.8) is 0 Å². The zero-order chi connectivity index (χ0) is 19.4. The molecule has 1 aliphatic rings. The van der Waals surface area contributed by atoms with Gasteiger partial charge in [-0.3, -0.25) is 0 Å². The second-order valence-electron chi connectivity index (χ2n) is 6.27. The Labute approximate surface area is 158 Å². The maximum absolute atomic E-state index is 13.0. The van der Waals surface area contributed by atoms with Crippen molar-refractivity contribution in [2.75, 3.05) is 18.5 Å². The Kier molecular flexibility index (Phi) is 5.35. The lowest BCUT2D eigenvalue weighted by molar-refractivity contribution is -0.182. The highest BCUT2D eigenvalue weighted by molar-refractivity contribution is 6.06. The molecule has 0 saturated carbocycles. The van der Waals surface area contributed by atoms with Crippen LogP contribution in [-0.2, 0) is 19.1 Å². The van der Waals surface area contributed by atoms with Crippen LogP contribution in [0.1, 0.15) is 31.0 Å². The van der Waals surface area contributed by atoms with Crippen molar-refractivity contribution in [3.05, 3.63) is 59.7 Å². The van der Waals surface area contributed by atoms with Crippen molar-refractivity contribution in [3.8, 4) is 5.75 Å². The average molecular weight is 369 g/mol. The van der Waals surface area contributed by atoms with Gasteiger partial charge in [0.25, 0.3) is 0 Å². The molecule has 0 saturated heterocycles. The van der Waals surface area contributed by atoms with Crippen LogP contribution in [0.4, 0.5) is 5.69 Å². The number of fused-ring (bicyclic) bond motifs is 1. The van der Waals surface area contributed by atoms with Crippen molar-refractivity contribution in [1.82, 2.24) is 0 Å². The van der Waals surface area contributed by atoms with Crippen LogP contribution >= 0.6 is 0 Å². The Morgan fingerprint density at radius 2 is 1.67 bits per heavy atom. The maximum Gasteiger partial charge on any atom is 0.365 e. The summed E-state index contributed by atoms with van der Waals surface area (Å²) in [6.45, 7) is 5.51. The summed E-state index contributed by atoms with van der Waals surface area (Å²) >= 11 is 0. The monoisotopic (exact) mass is 369 g/mol. The molecule has 6 heteroatoms. The number of carbonyl (C=O) groups excluding carboxylic acids is 2. The fraction of sp³-hybridized carbons (Fsp3) is 0.333. The Morgan fingerprint density at radius 1 is 1.04 bits per heavy atom. The highest BCUT2D eigenvalue weighted by atomic mass is 16.6. The first-order chi connectivity index (χ1) is 13.0. The third-order valence-corrected chi connectivity index (χ3v) is 4.40. The summed E-state index contributed by atoms with van der Waals surface area (Å²) in [6, 6.07) is 14.0. The number of benzene rings is 2. The predicted molar refractivity (Wildman–Crippen MR) is 101 cm³/mol. The second-order valence-corrected chi connectivity index (χ2v) is 6.27. The molecule has 2 aromatic carbocycles. The standard InChI is InChI=1S/C21H23NO5/c1-4-25-19(23)21(20(24)26-5-2)18(15-9-7-6-8-10-15)22-16-12-11-14(3)13-17(16)27-21/h6-13,18,22H,4-5H2,1-3H3/t18-/m1/s1. The topological polar surface area (TPSA) is 73.9 Å². The number of hydrogen-bond donors (Lipinski definition) is 1. The van der Waals surface area contributed by atoms with Crippen molar-refractivity contribution in [2.45, 2.75) is 32.4 Å². The average Bonchev–Trinajstić information content (AvgIpc) is 2.67. The van der Waals surface area contributed by atoms with Gasteiger partial charge in [0.1, 0.15) is 11.8 Å². The Bertz CT molecular complexity index is 816. The molecule has 0 bridgehead atoms. The van der Waals surface area contributed by atoms with Crippen molar-refractivity contribution in [2.24, 2.45) is 0 Å². The van der Waals surface area contributed by atoms with E-state index < -0.39 is 23.6 Å². The Morgan fingerprint density at radius 3 is 2.26 bits per heavy atom. The minimum absolute atomic E-state index is 0.117. The van der Waals surface area contributed by atoms with E-state index in [0.29, 0.717) is 17.0 Å². The van der Waals surface area contributed by atoms with Crippen LogP contribution in [0.2, 0.25) is 0 Å². The summed E-state index contributed by atoms with van der Waals surface area (Å²) < 4.78 is 16.6. The van der Waals surface area contributed by atoms with E-state index in [2.05, 4.69) is 5.32 Å². The fourth-order valence-corrected chi connectivity index (χ4v) is 3.17. The SMILES string of the molecule is CCOC(=O)C1(C(=O)OCC)Oc2cc(C)ccc2N[C@@H]1c1ccccc1. The van der Waals surface area contributed by atoms with Crippen LogP contribution in [0.3, 0.4) is 0 Å². The van der Waals surface area contributed by atoms with Crippen molar-refractivity contribution in [1.29, 1.82) is 0 Å². The molecule has 0 unspecified atom stereocenters. The predicted octanol–water partition coefficient (Wildman–Crippen LogP) is 3.41. The van der Waals surface area contributed by atoms with Gasteiger partial charge in [0.2, 0.25) is 0 Å². The molecule has 27 heavy (non-hydrogen) atoms. The fourth-order valence-electron chi connectivity index (χ4n) is 3.17. The van der Waals surface area contributed by atoms with Gasteiger partial charge in [-0.15, -0.1) is 0 Å². The Hall–Kier alpha value is -3.02. The highest BCUT2D eigenvalue weighted by Crippen LogP contribution is 2.44. The molecule has 0 radical (unpaired) electrons. The third-order valence-electron chi connectivity index (χ3n) is 4.40. The smallest absolute Gasteiger partial charge is 0.365 e. The molecule has 0 amide bonds. The van der Waals surface area contributed by atoms with Gasteiger partial charge in [0.05, 0.1) is 18.9 Å². The molecule has 1 N–H and O–H groups in total. The van der Waals surface area contributed by atoms with Crippen LogP contribution in [0.15, 0.2) is 48.5 Å². The molecule has 0 spiro atoms. The summed E-state index contributed by atoms with van der Waals surface area (Å²) in [5.74, 6) is -1.16. The quantitative estimate of drug-likeness (QED) is 0.643. The molecule has 1 aliphatic heterocycles. The number of aryl methyl sites for hydroxylation is 1. The van der Waals surface area contributed by atoms with Crippen LogP contribution in [-0.4, -0.2) is 30.8 Å².